The van der Waals surface area contributed by atoms with Gasteiger partial charge in [-0.15, -0.1) is 0 Å². The minimum Gasteiger partial charge on any atom is -0.480 e. The van der Waals surface area contributed by atoms with Crippen LogP contribution in [0.3, 0.4) is 0 Å². The number of hydrogen-bond acceptors (Lipinski definition) is 2. The molecule has 2 N–H and O–H groups in total. The highest BCUT2D eigenvalue weighted by molar-refractivity contribution is 9.10. The third kappa shape index (κ3) is 3.52. The van der Waals surface area contributed by atoms with Crippen molar-refractivity contribution in [3.05, 3.63) is 28.2 Å². The van der Waals surface area contributed by atoms with Crippen molar-refractivity contribution in [1.82, 2.24) is 0 Å². The van der Waals surface area contributed by atoms with Crippen molar-refractivity contribution < 1.29 is 9.90 Å². The van der Waals surface area contributed by atoms with E-state index in [0.717, 1.165) is 22.1 Å². The highest BCUT2D eigenvalue weighted by Gasteiger charge is 2.15. The van der Waals surface area contributed by atoms with E-state index in [-0.39, 0.29) is 0 Å². The van der Waals surface area contributed by atoms with Crippen LogP contribution in [0.4, 0.5) is 5.69 Å². The van der Waals surface area contributed by atoms with Crippen molar-refractivity contribution in [3.8, 4) is 0 Å². The molecule has 1 atom stereocenters. The molecule has 0 aliphatic rings. The van der Waals surface area contributed by atoms with Crippen molar-refractivity contribution in [1.29, 1.82) is 0 Å². The van der Waals surface area contributed by atoms with Gasteiger partial charge in [-0.25, -0.2) is 4.79 Å². The fourth-order valence-corrected chi connectivity index (χ4v) is 1.73. The van der Waals surface area contributed by atoms with Crippen molar-refractivity contribution in [2.24, 2.45) is 0 Å². The first-order valence-corrected chi connectivity index (χ1v) is 6.09. The van der Waals surface area contributed by atoms with Crippen LogP contribution in [0.1, 0.15) is 25.3 Å². The largest absolute Gasteiger partial charge is 0.480 e. The zero-order chi connectivity index (χ0) is 12.1. The van der Waals surface area contributed by atoms with E-state index in [9.17, 15) is 4.79 Å². The summed E-state index contributed by atoms with van der Waals surface area (Å²) in [7, 11) is 0. The van der Waals surface area contributed by atoms with Crippen LogP contribution in [-0.2, 0) is 4.79 Å². The number of nitrogens with one attached hydrogen (secondary N) is 1. The summed E-state index contributed by atoms with van der Waals surface area (Å²) >= 11 is 3.41. The number of aliphatic carboxylic acids is 1. The van der Waals surface area contributed by atoms with Crippen molar-refractivity contribution in [2.75, 3.05) is 5.32 Å². The van der Waals surface area contributed by atoms with Crippen LogP contribution in [0.25, 0.3) is 0 Å². The molecule has 0 aliphatic heterocycles. The quantitative estimate of drug-likeness (QED) is 0.872. The Morgan fingerprint density at radius 1 is 1.56 bits per heavy atom. The Bertz CT molecular complexity index is 379. The molecule has 0 spiro atoms. The Balaban J connectivity index is 2.77. The van der Waals surface area contributed by atoms with Crippen LogP contribution in [0.2, 0.25) is 0 Å². The molecular formula is C12H16BrNO2. The van der Waals surface area contributed by atoms with Crippen molar-refractivity contribution in [3.63, 3.8) is 0 Å². The van der Waals surface area contributed by atoms with Crippen LogP contribution < -0.4 is 5.32 Å². The predicted octanol–water partition coefficient (Wildman–Crippen LogP) is 3.42. The minimum atomic E-state index is -0.803. The van der Waals surface area contributed by atoms with E-state index < -0.39 is 12.0 Å². The summed E-state index contributed by atoms with van der Waals surface area (Å²) < 4.78 is 1.03. The van der Waals surface area contributed by atoms with Crippen molar-refractivity contribution in [2.45, 2.75) is 32.7 Å². The molecule has 0 amide bonds. The molecule has 16 heavy (non-hydrogen) atoms. The third-order valence-electron chi connectivity index (χ3n) is 2.37. The second-order valence-electron chi connectivity index (χ2n) is 3.79. The minimum absolute atomic E-state index is 0.509. The lowest BCUT2D eigenvalue weighted by Gasteiger charge is -2.15. The van der Waals surface area contributed by atoms with Gasteiger partial charge in [-0.3, -0.25) is 0 Å². The first-order valence-electron chi connectivity index (χ1n) is 5.30. The fraction of sp³-hybridized carbons (Fsp3) is 0.417. The Kier molecular flexibility index (Phi) is 4.80. The van der Waals surface area contributed by atoms with Crippen LogP contribution in [0.5, 0.6) is 0 Å². The molecule has 0 aliphatic carbocycles. The lowest BCUT2D eigenvalue weighted by atomic mass is 10.1. The van der Waals surface area contributed by atoms with Gasteiger partial charge in [0, 0.05) is 10.2 Å². The summed E-state index contributed by atoms with van der Waals surface area (Å²) in [6, 6.07) is 5.23. The zero-order valence-corrected chi connectivity index (χ0v) is 11.0. The molecule has 1 aromatic carbocycles. The maximum absolute atomic E-state index is 11.0. The van der Waals surface area contributed by atoms with Crippen LogP contribution in [-0.4, -0.2) is 17.1 Å². The van der Waals surface area contributed by atoms with Gasteiger partial charge < -0.3 is 10.4 Å². The third-order valence-corrected chi connectivity index (χ3v) is 3.26. The second-order valence-corrected chi connectivity index (χ2v) is 4.64. The Hall–Kier alpha value is -1.03. The summed E-state index contributed by atoms with van der Waals surface area (Å²) in [6.07, 6.45) is 1.48. The topological polar surface area (TPSA) is 49.3 Å². The van der Waals surface area contributed by atoms with Gasteiger partial charge in [0.1, 0.15) is 6.04 Å². The van der Waals surface area contributed by atoms with E-state index in [1.807, 2.05) is 32.0 Å². The van der Waals surface area contributed by atoms with E-state index in [1.54, 1.807) is 0 Å². The maximum atomic E-state index is 11.0. The molecule has 0 saturated carbocycles. The van der Waals surface area contributed by atoms with Gasteiger partial charge in [0.15, 0.2) is 0 Å². The van der Waals surface area contributed by atoms with E-state index in [2.05, 4.69) is 21.2 Å². The number of anilines is 1. The lowest BCUT2D eigenvalue weighted by molar-refractivity contribution is -0.138. The highest BCUT2D eigenvalue weighted by atomic mass is 79.9. The SMILES string of the molecule is CCCC(Nc1ccc(Br)c(C)c1)C(=O)O. The number of hydrogen-bond donors (Lipinski definition) is 2. The predicted molar refractivity (Wildman–Crippen MR) is 68.8 cm³/mol. The smallest absolute Gasteiger partial charge is 0.326 e. The van der Waals surface area contributed by atoms with Crippen LogP contribution in [0, 0.1) is 6.92 Å². The van der Waals surface area contributed by atoms with Crippen molar-refractivity contribution >= 4 is 27.6 Å². The number of carbonyl (C=O) groups is 1. The number of halogens is 1. The monoisotopic (exact) mass is 285 g/mol. The number of carboxylic acids is 1. The van der Waals surface area contributed by atoms with Gasteiger partial charge in [0.2, 0.25) is 0 Å². The summed E-state index contributed by atoms with van der Waals surface area (Å²) in [5.41, 5.74) is 1.94. The summed E-state index contributed by atoms with van der Waals surface area (Å²) in [5.74, 6) is -0.803. The van der Waals surface area contributed by atoms with Gasteiger partial charge in [-0.2, -0.15) is 0 Å². The molecule has 1 aromatic rings. The maximum Gasteiger partial charge on any atom is 0.326 e. The molecule has 3 nitrogen and oxygen atoms in total. The molecule has 0 radical (unpaired) electrons. The van der Waals surface area contributed by atoms with Gasteiger partial charge in [-0.05, 0) is 37.1 Å². The molecule has 4 heteroatoms. The summed E-state index contributed by atoms with van der Waals surface area (Å²) in [5, 5.41) is 12.0. The molecular weight excluding hydrogens is 270 g/mol. The fourth-order valence-electron chi connectivity index (χ4n) is 1.48. The van der Waals surface area contributed by atoms with E-state index in [0.29, 0.717) is 6.42 Å². The van der Waals surface area contributed by atoms with Crippen LogP contribution in [0.15, 0.2) is 22.7 Å². The average Bonchev–Trinajstić information content (AvgIpc) is 2.22. The van der Waals surface area contributed by atoms with E-state index >= 15 is 0 Å². The standard InChI is InChI=1S/C12H16BrNO2/c1-3-4-11(12(15)16)14-9-5-6-10(13)8(2)7-9/h5-7,11,14H,3-4H2,1-2H3,(H,15,16). The molecule has 0 fully saturated rings. The first kappa shape index (κ1) is 13.0. The Morgan fingerprint density at radius 2 is 2.25 bits per heavy atom. The first-order chi connectivity index (χ1) is 7.54. The van der Waals surface area contributed by atoms with E-state index in [4.69, 9.17) is 5.11 Å². The number of benzene rings is 1. The molecule has 1 rings (SSSR count). The zero-order valence-electron chi connectivity index (χ0n) is 9.46. The highest BCUT2D eigenvalue weighted by Crippen LogP contribution is 2.21. The molecule has 0 saturated heterocycles. The van der Waals surface area contributed by atoms with Gasteiger partial charge >= 0.3 is 5.97 Å². The molecule has 1 unspecified atom stereocenters. The summed E-state index contributed by atoms with van der Waals surface area (Å²) in [4.78, 5) is 11.0. The second kappa shape index (κ2) is 5.89. The number of rotatable bonds is 5. The molecule has 0 aromatic heterocycles. The molecule has 88 valence electrons. The Labute approximate surface area is 104 Å². The average molecular weight is 286 g/mol. The lowest BCUT2D eigenvalue weighted by Crippen LogP contribution is -2.28. The van der Waals surface area contributed by atoms with Gasteiger partial charge in [0.25, 0.3) is 0 Å². The van der Waals surface area contributed by atoms with Gasteiger partial charge in [-0.1, -0.05) is 29.3 Å². The molecule has 0 heterocycles. The number of aryl methyl sites for hydroxylation is 1. The number of carboxylic acid groups (broad SMARTS) is 1. The van der Waals surface area contributed by atoms with Crippen LogP contribution >= 0.6 is 15.9 Å². The Morgan fingerprint density at radius 3 is 2.75 bits per heavy atom. The van der Waals surface area contributed by atoms with Gasteiger partial charge in [0.05, 0.1) is 0 Å². The normalized spacial score (nSPS) is 12.2. The van der Waals surface area contributed by atoms with E-state index in [1.165, 1.54) is 0 Å². The molecule has 0 bridgehead atoms. The summed E-state index contributed by atoms with van der Waals surface area (Å²) in [6.45, 7) is 3.95.